The minimum absolute atomic E-state index is 0.129. The molecule has 2 aromatic heterocycles. The van der Waals surface area contributed by atoms with Gasteiger partial charge in [0, 0.05) is 21.5 Å². The fourth-order valence-electron chi connectivity index (χ4n) is 4.57. The predicted octanol–water partition coefficient (Wildman–Crippen LogP) is 6.38. The summed E-state index contributed by atoms with van der Waals surface area (Å²) in [6, 6.07) is 10.1. The smallest absolute Gasteiger partial charge is 0.429 e. The zero-order chi connectivity index (χ0) is 29.3. The van der Waals surface area contributed by atoms with Crippen LogP contribution in [0.15, 0.2) is 54.1 Å². The van der Waals surface area contributed by atoms with Crippen LogP contribution in [-0.4, -0.2) is 39.9 Å². The number of rotatable bonds is 8. The molecule has 0 saturated carbocycles. The Kier molecular flexibility index (Phi) is 8.07. The minimum atomic E-state index is -4.81. The van der Waals surface area contributed by atoms with Crippen molar-refractivity contribution in [3.05, 3.63) is 75.8 Å². The summed E-state index contributed by atoms with van der Waals surface area (Å²) < 4.78 is 55.0. The third-order valence-electron chi connectivity index (χ3n) is 6.54. The van der Waals surface area contributed by atoms with Gasteiger partial charge in [0.2, 0.25) is 17.9 Å². The van der Waals surface area contributed by atoms with E-state index in [0.29, 0.717) is 47.2 Å². The van der Waals surface area contributed by atoms with E-state index in [2.05, 4.69) is 9.97 Å². The maximum Gasteiger partial charge on any atom is 0.429 e. The Morgan fingerprint density at radius 2 is 1.93 bits per heavy atom. The van der Waals surface area contributed by atoms with Crippen molar-refractivity contribution < 1.29 is 32.5 Å². The molecule has 0 spiro atoms. The van der Waals surface area contributed by atoms with Gasteiger partial charge in [-0.2, -0.15) is 18.2 Å². The number of allylic oxidation sites excluding steroid dienone is 1. The molecule has 214 valence electrons. The average molecular weight is 605 g/mol. The molecule has 0 saturated heterocycles. The monoisotopic (exact) mass is 604 g/mol. The number of ether oxygens (including phenoxy) is 2. The topological polar surface area (TPSA) is 134 Å². The van der Waals surface area contributed by atoms with Gasteiger partial charge in [-0.05, 0) is 53.7 Å². The molecule has 0 aliphatic carbocycles. The second kappa shape index (κ2) is 11.6. The number of benzene rings is 2. The van der Waals surface area contributed by atoms with E-state index in [0.717, 1.165) is 11.3 Å². The number of halogens is 4. The molecule has 3 heterocycles. The maximum atomic E-state index is 14.6. The van der Waals surface area contributed by atoms with Gasteiger partial charge in [0.25, 0.3) is 0 Å². The van der Waals surface area contributed by atoms with E-state index < -0.39 is 24.3 Å². The van der Waals surface area contributed by atoms with Gasteiger partial charge in [-0.1, -0.05) is 41.9 Å². The highest BCUT2D eigenvalue weighted by atomic mass is 35.5. The van der Waals surface area contributed by atoms with E-state index in [-0.39, 0.29) is 39.1 Å². The van der Waals surface area contributed by atoms with E-state index >= 15 is 0 Å². The third kappa shape index (κ3) is 6.24. The molecule has 5 N–H and O–H groups in total. The van der Waals surface area contributed by atoms with Crippen LogP contribution < -0.4 is 16.2 Å². The first-order valence-corrected chi connectivity index (χ1v) is 13.7. The van der Waals surface area contributed by atoms with Crippen molar-refractivity contribution in [2.75, 3.05) is 12.3 Å². The van der Waals surface area contributed by atoms with E-state index in [9.17, 15) is 18.0 Å². The van der Waals surface area contributed by atoms with Crippen LogP contribution >= 0.6 is 22.9 Å². The van der Waals surface area contributed by atoms with Crippen molar-refractivity contribution in [1.29, 1.82) is 0 Å². The Labute approximate surface area is 241 Å². The van der Waals surface area contributed by atoms with Gasteiger partial charge >= 0.3 is 12.1 Å². The van der Waals surface area contributed by atoms with Crippen molar-refractivity contribution in [2.24, 2.45) is 5.73 Å². The minimum Gasteiger partial charge on any atom is -0.501 e. The molecule has 1 aliphatic heterocycles. The van der Waals surface area contributed by atoms with Gasteiger partial charge < -0.3 is 26.0 Å². The number of carbonyl (C=O) groups is 1. The van der Waals surface area contributed by atoms with Crippen LogP contribution in [0.3, 0.4) is 0 Å². The molecule has 1 aliphatic rings. The number of carboxylic acid groups (broad SMARTS) is 1. The standard InChI is InChI=1S/C28H24ClF3N4O4S/c29-17-7-8-18(19(11-17)16-2-1-9-39-12-16)24(28(30,31)32)40-25-23-22(35-27(34)36-25)20(13-41-23)15-5-3-14(4-6-15)10-21(33)26(37)38/h3-8,11-13,21,24H,1-2,9-10,33H2,(H,37,38)(H2,34,35,36)/t21-,24+/m0/s1. The second-order valence-corrected chi connectivity index (χ2v) is 10.8. The van der Waals surface area contributed by atoms with Gasteiger partial charge in [-0.25, -0.2) is 4.98 Å². The molecule has 0 fully saturated rings. The van der Waals surface area contributed by atoms with Crippen LogP contribution in [0.4, 0.5) is 19.1 Å². The summed E-state index contributed by atoms with van der Waals surface area (Å²) in [5.74, 6) is -1.66. The van der Waals surface area contributed by atoms with Crippen LogP contribution in [0, 0.1) is 0 Å². The fourth-order valence-corrected chi connectivity index (χ4v) is 5.69. The number of nitrogen functional groups attached to an aromatic ring is 1. The first kappa shape index (κ1) is 28.7. The van der Waals surface area contributed by atoms with Crippen molar-refractivity contribution in [2.45, 2.75) is 37.6 Å². The van der Waals surface area contributed by atoms with Crippen LogP contribution in [-0.2, 0) is 16.0 Å². The lowest BCUT2D eigenvalue weighted by atomic mass is 9.93. The number of alkyl halides is 3. The molecular weight excluding hydrogens is 581 g/mol. The van der Waals surface area contributed by atoms with Gasteiger partial charge in [-0.3, -0.25) is 4.79 Å². The molecule has 8 nitrogen and oxygen atoms in total. The largest absolute Gasteiger partial charge is 0.501 e. The summed E-state index contributed by atoms with van der Waals surface area (Å²) in [7, 11) is 0. The molecule has 0 bridgehead atoms. The van der Waals surface area contributed by atoms with Gasteiger partial charge in [-0.15, -0.1) is 11.3 Å². The van der Waals surface area contributed by atoms with Crippen LogP contribution in [0.25, 0.3) is 26.9 Å². The summed E-state index contributed by atoms with van der Waals surface area (Å²) in [5.41, 5.74) is 14.7. The number of fused-ring (bicyclic) bond motifs is 1. The number of nitrogens with two attached hydrogens (primary N) is 2. The lowest BCUT2D eigenvalue weighted by Gasteiger charge is -2.25. The predicted molar refractivity (Wildman–Crippen MR) is 151 cm³/mol. The van der Waals surface area contributed by atoms with Gasteiger partial charge in [0.05, 0.1) is 18.4 Å². The Morgan fingerprint density at radius 3 is 2.59 bits per heavy atom. The highest BCUT2D eigenvalue weighted by Crippen LogP contribution is 2.44. The SMILES string of the molecule is Nc1nc(O[C@H](c2ccc(Cl)cc2C2=COCCC2)C(F)(F)F)c2scc(-c3ccc(C[C@H](N)C(=O)O)cc3)c2n1. The van der Waals surface area contributed by atoms with Crippen LogP contribution in [0.2, 0.25) is 5.02 Å². The zero-order valence-corrected chi connectivity index (χ0v) is 22.9. The Balaban J connectivity index is 1.53. The molecule has 2 aromatic carbocycles. The number of hydrogen-bond acceptors (Lipinski definition) is 8. The summed E-state index contributed by atoms with van der Waals surface area (Å²) in [6.07, 6.45) is -4.40. The first-order valence-electron chi connectivity index (χ1n) is 12.5. The molecule has 2 atom stereocenters. The highest BCUT2D eigenvalue weighted by Gasteiger charge is 2.45. The zero-order valence-electron chi connectivity index (χ0n) is 21.3. The van der Waals surface area contributed by atoms with E-state index in [1.165, 1.54) is 24.5 Å². The van der Waals surface area contributed by atoms with Gasteiger partial charge in [0.1, 0.15) is 10.7 Å². The van der Waals surface area contributed by atoms with Crippen LogP contribution in [0.1, 0.15) is 35.6 Å². The number of anilines is 1. The molecule has 41 heavy (non-hydrogen) atoms. The molecule has 0 unspecified atom stereocenters. The molecule has 0 radical (unpaired) electrons. The summed E-state index contributed by atoms with van der Waals surface area (Å²) in [6.45, 7) is 0.482. The van der Waals surface area contributed by atoms with Crippen molar-refractivity contribution in [1.82, 2.24) is 9.97 Å². The normalized spacial score (nSPS) is 15.2. The number of hydrogen-bond donors (Lipinski definition) is 3. The third-order valence-corrected chi connectivity index (χ3v) is 7.74. The number of nitrogens with zero attached hydrogens (tertiary/aromatic N) is 2. The fraction of sp³-hybridized carbons (Fsp3) is 0.250. The van der Waals surface area contributed by atoms with E-state index in [4.69, 9.17) is 37.6 Å². The number of thiophene rings is 1. The average Bonchev–Trinajstić information content (AvgIpc) is 3.36. The quantitative estimate of drug-likeness (QED) is 0.211. The van der Waals surface area contributed by atoms with Crippen molar-refractivity contribution in [3.63, 3.8) is 0 Å². The van der Waals surface area contributed by atoms with E-state index in [1.807, 2.05) is 0 Å². The Bertz CT molecular complexity index is 1630. The lowest BCUT2D eigenvalue weighted by Crippen LogP contribution is -2.32. The highest BCUT2D eigenvalue weighted by molar-refractivity contribution is 7.18. The molecule has 4 aromatic rings. The van der Waals surface area contributed by atoms with Crippen molar-refractivity contribution >= 4 is 50.6 Å². The number of aliphatic carboxylic acids is 1. The molecule has 0 amide bonds. The van der Waals surface area contributed by atoms with E-state index in [1.54, 1.807) is 29.6 Å². The number of carboxylic acids is 1. The molecule has 5 rings (SSSR count). The first-order chi connectivity index (χ1) is 19.5. The second-order valence-electron chi connectivity index (χ2n) is 9.45. The van der Waals surface area contributed by atoms with Crippen LogP contribution in [0.5, 0.6) is 5.88 Å². The Hall–Kier alpha value is -3.87. The Morgan fingerprint density at radius 1 is 1.17 bits per heavy atom. The van der Waals surface area contributed by atoms with Crippen molar-refractivity contribution in [3.8, 4) is 17.0 Å². The summed E-state index contributed by atoms with van der Waals surface area (Å²) in [4.78, 5) is 19.4. The number of aromatic nitrogens is 2. The van der Waals surface area contributed by atoms with Gasteiger partial charge in [0.15, 0.2) is 0 Å². The molecular formula is C28H24ClF3N4O4S. The lowest BCUT2D eigenvalue weighted by molar-refractivity contribution is -0.198. The maximum absolute atomic E-state index is 14.6. The summed E-state index contributed by atoms with van der Waals surface area (Å²) >= 11 is 7.29. The summed E-state index contributed by atoms with van der Waals surface area (Å²) in [5, 5.41) is 11.1. The molecule has 13 heteroatoms.